The van der Waals surface area contributed by atoms with Crippen LogP contribution in [-0.4, -0.2) is 18.5 Å². The van der Waals surface area contributed by atoms with Crippen molar-refractivity contribution >= 4 is 0 Å². The zero-order valence-electron chi connectivity index (χ0n) is 8.16. The minimum absolute atomic E-state index is 0.192. The minimum atomic E-state index is -0.295. The Morgan fingerprint density at radius 1 is 1.40 bits per heavy atom. The summed E-state index contributed by atoms with van der Waals surface area (Å²) in [7, 11) is 0. The lowest BCUT2D eigenvalue weighted by molar-refractivity contribution is 0.0694. The summed E-state index contributed by atoms with van der Waals surface area (Å²) in [5, 5.41) is 9.82. The molecule has 0 aliphatic carbocycles. The highest BCUT2D eigenvalue weighted by Crippen LogP contribution is 2.47. The Labute approximate surface area is 87.4 Å². The Kier molecular flexibility index (Phi) is 1.79. The zero-order chi connectivity index (χ0) is 10.4. The minimum Gasteiger partial charge on any atom is -0.508 e. The zero-order valence-corrected chi connectivity index (χ0v) is 8.16. The van der Waals surface area contributed by atoms with Crippen LogP contribution in [0, 0.1) is 6.92 Å². The molecule has 2 aliphatic heterocycles. The summed E-state index contributed by atoms with van der Waals surface area (Å²) in [6.07, 6.45) is 0.389. The van der Waals surface area contributed by atoms with Gasteiger partial charge in [-0.1, -0.05) is 0 Å². The van der Waals surface area contributed by atoms with E-state index in [0.717, 1.165) is 11.1 Å². The maximum Gasteiger partial charge on any atom is 0.231 e. The molecule has 0 amide bonds. The van der Waals surface area contributed by atoms with E-state index in [1.807, 2.05) is 0 Å². The van der Waals surface area contributed by atoms with E-state index >= 15 is 0 Å². The SMILES string of the molecule is [CH2]C1OCCc2c(O)cc3c(c21)OCO3. The average Bonchev–Trinajstić information content (AvgIpc) is 2.66. The molecule has 1 aromatic rings. The maximum atomic E-state index is 9.82. The molecule has 0 spiro atoms. The smallest absolute Gasteiger partial charge is 0.231 e. The fourth-order valence-electron chi connectivity index (χ4n) is 2.08. The second-order valence-corrected chi connectivity index (χ2v) is 3.63. The van der Waals surface area contributed by atoms with Crippen LogP contribution in [0.5, 0.6) is 17.2 Å². The first-order chi connectivity index (χ1) is 7.27. The van der Waals surface area contributed by atoms with Gasteiger partial charge in [-0.15, -0.1) is 0 Å². The van der Waals surface area contributed by atoms with Gasteiger partial charge in [0.15, 0.2) is 11.5 Å². The van der Waals surface area contributed by atoms with Crippen LogP contribution in [0.2, 0.25) is 0 Å². The lowest BCUT2D eigenvalue weighted by Gasteiger charge is -2.24. The molecule has 4 nitrogen and oxygen atoms in total. The van der Waals surface area contributed by atoms with Crippen LogP contribution in [0.3, 0.4) is 0 Å². The highest BCUT2D eigenvalue weighted by Gasteiger charge is 2.30. The first-order valence-corrected chi connectivity index (χ1v) is 4.86. The molecule has 0 fully saturated rings. The van der Waals surface area contributed by atoms with Crippen molar-refractivity contribution in [3.05, 3.63) is 24.1 Å². The highest BCUT2D eigenvalue weighted by atomic mass is 16.7. The summed E-state index contributed by atoms with van der Waals surface area (Å²) in [4.78, 5) is 0. The van der Waals surface area contributed by atoms with Crippen molar-refractivity contribution in [1.82, 2.24) is 0 Å². The molecule has 0 saturated heterocycles. The summed E-state index contributed by atoms with van der Waals surface area (Å²) in [5.41, 5.74) is 1.69. The first kappa shape index (κ1) is 8.85. The second kappa shape index (κ2) is 3.03. The molecule has 1 radical (unpaired) electrons. The van der Waals surface area contributed by atoms with Gasteiger partial charge in [0.1, 0.15) is 5.75 Å². The fraction of sp³-hybridized carbons (Fsp3) is 0.364. The molecule has 0 aromatic heterocycles. The average molecular weight is 207 g/mol. The van der Waals surface area contributed by atoms with Crippen LogP contribution in [0.1, 0.15) is 17.2 Å². The molecule has 3 rings (SSSR count). The third-order valence-electron chi connectivity index (χ3n) is 2.78. The Hall–Kier alpha value is -1.42. The fourth-order valence-corrected chi connectivity index (χ4v) is 2.08. The van der Waals surface area contributed by atoms with Gasteiger partial charge in [0, 0.05) is 17.2 Å². The van der Waals surface area contributed by atoms with Gasteiger partial charge in [-0.2, -0.15) is 0 Å². The number of phenols is 1. The van der Waals surface area contributed by atoms with E-state index in [4.69, 9.17) is 14.2 Å². The Morgan fingerprint density at radius 2 is 2.27 bits per heavy atom. The Balaban J connectivity index is 2.25. The summed E-state index contributed by atoms with van der Waals surface area (Å²) in [5.74, 6) is 1.49. The number of rotatable bonds is 0. The summed E-state index contributed by atoms with van der Waals surface area (Å²) >= 11 is 0. The first-order valence-electron chi connectivity index (χ1n) is 4.86. The molecule has 1 atom stereocenters. The predicted octanol–water partition coefficient (Wildman–Crippen LogP) is 1.57. The van der Waals surface area contributed by atoms with Crippen molar-refractivity contribution < 1.29 is 19.3 Å². The number of benzene rings is 1. The van der Waals surface area contributed by atoms with Crippen molar-refractivity contribution in [2.24, 2.45) is 0 Å². The van der Waals surface area contributed by atoms with E-state index in [1.54, 1.807) is 6.07 Å². The maximum absolute atomic E-state index is 9.82. The van der Waals surface area contributed by atoms with E-state index in [-0.39, 0.29) is 18.6 Å². The van der Waals surface area contributed by atoms with Gasteiger partial charge in [0.2, 0.25) is 6.79 Å². The molecule has 0 saturated carbocycles. The van der Waals surface area contributed by atoms with Crippen LogP contribution in [0.4, 0.5) is 0 Å². The summed E-state index contributed by atoms with van der Waals surface area (Å²) in [6, 6.07) is 1.60. The van der Waals surface area contributed by atoms with Crippen molar-refractivity contribution in [3.8, 4) is 17.2 Å². The molecule has 15 heavy (non-hydrogen) atoms. The molecule has 0 bridgehead atoms. The van der Waals surface area contributed by atoms with Gasteiger partial charge in [-0.3, -0.25) is 0 Å². The van der Waals surface area contributed by atoms with Crippen molar-refractivity contribution in [2.75, 3.05) is 13.4 Å². The molecule has 1 aromatic carbocycles. The second-order valence-electron chi connectivity index (χ2n) is 3.63. The number of phenolic OH excluding ortho intramolecular Hbond substituents is 1. The quantitative estimate of drug-likeness (QED) is 0.701. The topological polar surface area (TPSA) is 47.9 Å². The van der Waals surface area contributed by atoms with E-state index in [1.165, 1.54) is 0 Å². The Bertz CT molecular complexity index is 410. The normalized spacial score (nSPS) is 22.6. The van der Waals surface area contributed by atoms with Gasteiger partial charge in [-0.25, -0.2) is 0 Å². The highest BCUT2D eigenvalue weighted by molar-refractivity contribution is 5.59. The van der Waals surface area contributed by atoms with Crippen molar-refractivity contribution in [3.63, 3.8) is 0 Å². The number of fused-ring (bicyclic) bond motifs is 3. The van der Waals surface area contributed by atoms with Crippen LogP contribution in [-0.2, 0) is 11.2 Å². The van der Waals surface area contributed by atoms with E-state index in [0.29, 0.717) is 24.5 Å². The lowest BCUT2D eigenvalue weighted by Crippen LogP contribution is -2.15. The molecule has 2 heterocycles. The molecule has 4 heteroatoms. The van der Waals surface area contributed by atoms with E-state index < -0.39 is 0 Å². The van der Waals surface area contributed by atoms with E-state index in [9.17, 15) is 5.11 Å². The summed E-state index contributed by atoms with van der Waals surface area (Å²) in [6.45, 7) is 4.66. The van der Waals surface area contributed by atoms with Gasteiger partial charge in [0.05, 0.1) is 12.7 Å². The van der Waals surface area contributed by atoms with Crippen LogP contribution >= 0.6 is 0 Å². The monoisotopic (exact) mass is 207 g/mol. The molecular formula is C11H11O4. The van der Waals surface area contributed by atoms with Crippen LogP contribution in [0.25, 0.3) is 0 Å². The van der Waals surface area contributed by atoms with Crippen molar-refractivity contribution in [2.45, 2.75) is 12.5 Å². The van der Waals surface area contributed by atoms with Crippen LogP contribution in [0.15, 0.2) is 6.07 Å². The number of ether oxygens (including phenoxy) is 3. The molecule has 1 unspecified atom stereocenters. The predicted molar refractivity (Wildman–Crippen MR) is 52.0 cm³/mol. The number of hydrogen-bond acceptors (Lipinski definition) is 4. The molecular weight excluding hydrogens is 196 g/mol. The molecule has 1 N–H and O–H groups in total. The van der Waals surface area contributed by atoms with Gasteiger partial charge < -0.3 is 19.3 Å². The number of hydrogen-bond donors (Lipinski definition) is 1. The third-order valence-corrected chi connectivity index (χ3v) is 2.78. The number of aromatic hydroxyl groups is 1. The van der Waals surface area contributed by atoms with Gasteiger partial charge in [-0.05, 0) is 13.3 Å². The van der Waals surface area contributed by atoms with Crippen molar-refractivity contribution in [1.29, 1.82) is 0 Å². The van der Waals surface area contributed by atoms with E-state index in [2.05, 4.69) is 6.92 Å². The standard InChI is InChI=1S/C11H11O4/c1-6-10-7(2-3-13-6)8(12)4-9-11(10)15-5-14-9/h4,6,12H,1-3,5H2. The summed E-state index contributed by atoms with van der Waals surface area (Å²) < 4.78 is 16.0. The van der Waals surface area contributed by atoms with Crippen LogP contribution < -0.4 is 9.47 Å². The largest absolute Gasteiger partial charge is 0.508 e. The van der Waals surface area contributed by atoms with Gasteiger partial charge >= 0.3 is 0 Å². The Morgan fingerprint density at radius 3 is 3.13 bits per heavy atom. The lowest BCUT2D eigenvalue weighted by atomic mass is 9.96. The molecule has 2 aliphatic rings. The third kappa shape index (κ3) is 1.18. The van der Waals surface area contributed by atoms with Gasteiger partial charge in [0.25, 0.3) is 0 Å². The molecule has 79 valence electrons.